The summed E-state index contributed by atoms with van der Waals surface area (Å²) < 4.78 is 13.1. The van der Waals surface area contributed by atoms with Gasteiger partial charge in [0.05, 0.1) is 6.04 Å². The van der Waals surface area contributed by atoms with Gasteiger partial charge in [0.25, 0.3) is 0 Å². The molecule has 1 amide bonds. The number of nitrogens with one attached hydrogen (secondary N) is 1. The van der Waals surface area contributed by atoms with Crippen LogP contribution in [0.4, 0.5) is 4.39 Å². The van der Waals surface area contributed by atoms with Crippen molar-refractivity contribution in [2.75, 3.05) is 6.54 Å². The Bertz CT molecular complexity index is 463. The quantitative estimate of drug-likeness (QED) is 0.663. The lowest BCUT2D eigenvalue weighted by molar-refractivity contribution is -0.122. The molecule has 1 unspecified atom stereocenters. The van der Waals surface area contributed by atoms with E-state index in [0.717, 1.165) is 50.6 Å². The van der Waals surface area contributed by atoms with Gasteiger partial charge in [-0.15, -0.1) is 12.4 Å². The van der Waals surface area contributed by atoms with E-state index in [2.05, 4.69) is 5.32 Å². The number of rotatable bonds is 9. The van der Waals surface area contributed by atoms with Crippen molar-refractivity contribution in [3.63, 3.8) is 0 Å². The zero-order chi connectivity index (χ0) is 15.8. The van der Waals surface area contributed by atoms with E-state index in [1.807, 2.05) is 0 Å². The van der Waals surface area contributed by atoms with E-state index < -0.39 is 0 Å². The zero-order valence-electron chi connectivity index (χ0n) is 13.6. The lowest BCUT2D eigenvalue weighted by Crippen LogP contribution is -2.36. The number of hydrogen-bond acceptors (Lipinski definition) is 2. The molecule has 0 aromatic heterocycles. The van der Waals surface area contributed by atoms with Crippen LogP contribution in [0.3, 0.4) is 0 Å². The molecule has 0 heterocycles. The summed E-state index contributed by atoms with van der Waals surface area (Å²) in [5, 5.41) is 3.16. The Morgan fingerprint density at radius 1 is 1.17 bits per heavy atom. The highest BCUT2D eigenvalue weighted by atomic mass is 35.5. The number of carbonyl (C=O) groups is 1. The van der Waals surface area contributed by atoms with E-state index in [-0.39, 0.29) is 30.2 Å². The SMILES string of the molecule is Cl.NCCCCCCC(=O)NC(c1ccc(F)cc1)C1CCC1. The van der Waals surface area contributed by atoms with Gasteiger partial charge < -0.3 is 11.1 Å². The summed E-state index contributed by atoms with van der Waals surface area (Å²) in [6.45, 7) is 0.723. The van der Waals surface area contributed by atoms with E-state index in [9.17, 15) is 9.18 Å². The molecule has 3 N–H and O–H groups in total. The highest BCUT2D eigenvalue weighted by molar-refractivity contribution is 5.85. The predicted molar refractivity (Wildman–Crippen MR) is 94.0 cm³/mol. The largest absolute Gasteiger partial charge is 0.349 e. The van der Waals surface area contributed by atoms with Gasteiger partial charge in [0.1, 0.15) is 5.82 Å². The van der Waals surface area contributed by atoms with Crippen LogP contribution in [0.15, 0.2) is 24.3 Å². The zero-order valence-corrected chi connectivity index (χ0v) is 14.4. The van der Waals surface area contributed by atoms with E-state index in [0.29, 0.717) is 12.3 Å². The standard InChI is InChI=1S/C18H27FN2O.ClH/c19-16-11-9-15(10-12-16)18(14-6-5-7-14)21-17(22)8-3-1-2-4-13-20;/h9-12,14,18H,1-8,13,20H2,(H,21,22);1H. The van der Waals surface area contributed by atoms with Crippen molar-refractivity contribution < 1.29 is 9.18 Å². The molecule has 130 valence electrons. The number of unbranched alkanes of at least 4 members (excludes halogenated alkanes) is 3. The van der Waals surface area contributed by atoms with Crippen LogP contribution >= 0.6 is 12.4 Å². The second-order valence-corrected chi connectivity index (χ2v) is 6.24. The molecule has 0 radical (unpaired) electrons. The van der Waals surface area contributed by atoms with Crippen molar-refractivity contribution in [2.24, 2.45) is 11.7 Å². The number of carbonyl (C=O) groups excluding carboxylic acids is 1. The highest BCUT2D eigenvalue weighted by Gasteiger charge is 2.29. The minimum atomic E-state index is -0.234. The number of benzene rings is 1. The molecule has 3 nitrogen and oxygen atoms in total. The Morgan fingerprint density at radius 2 is 1.83 bits per heavy atom. The summed E-state index contributed by atoms with van der Waals surface area (Å²) in [7, 11) is 0. The minimum absolute atomic E-state index is 0. The van der Waals surface area contributed by atoms with Crippen LogP contribution in [0.1, 0.15) is 63.0 Å². The maximum Gasteiger partial charge on any atom is 0.220 e. The van der Waals surface area contributed by atoms with Crippen LogP contribution in [0.25, 0.3) is 0 Å². The van der Waals surface area contributed by atoms with Crippen LogP contribution in [-0.2, 0) is 4.79 Å². The summed E-state index contributed by atoms with van der Waals surface area (Å²) in [5.74, 6) is 0.364. The molecular weight excluding hydrogens is 315 g/mol. The summed E-state index contributed by atoms with van der Waals surface area (Å²) in [6, 6.07) is 6.56. The first-order valence-electron chi connectivity index (χ1n) is 8.45. The maximum atomic E-state index is 13.1. The van der Waals surface area contributed by atoms with Crippen molar-refractivity contribution in [2.45, 2.75) is 57.4 Å². The molecule has 2 rings (SSSR count). The Labute approximate surface area is 144 Å². The fourth-order valence-electron chi connectivity index (χ4n) is 2.95. The van der Waals surface area contributed by atoms with E-state index in [1.54, 1.807) is 12.1 Å². The molecule has 23 heavy (non-hydrogen) atoms. The first-order chi connectivity index (χ1) is 10.7. The van der Waals surface area contributed by atoms with Crippen LogP contribution in [0, 0.1) is 11.7 Å². The molecule has 1 aromatic carbocycles. The van der Waals surface area contributed by atoms with Crippen LogP contribution in [-0.4, -0.2) is 12.5 Å². The topological polar surface area (TPSA) is 55.1 Å². The van der Waals surface area contributed by atoms with Crippen LogP contribution in [0.5, 0.6) is 0 Å². The van der Waals surface area contributed by atoms with Gasteiger partial charge in [-0.2, -0.15) is 0 Å². The molecule has 1 fully saturated rings. The molecule has 1 aromatic rings. The summed E-state index contributed by atoms with van der Waals surface area (Å²) >= 11 is 0. The molecule has 0 aliphatic heterocycles. The van der Waals surface area contributed by atoms with Crippen molar-refractivity contribution in [3.8, 4) is 0 Å². The first-order valence-corrected chi connectivity index (χ1v) is 8.45. The van der Waals surface area contributed by atoms with Gasteiger partial charge in [0.15, 0.2) is 0 Å². The van der Waals surface area contributed by atoms with Gasteiger partial charge >= 0.3 is 0 Å². The molecule has 1 saturated carbocycles. The van der Waals surface area contributed by atoms with Crippen LogP contribution < -0.4 is 11.1 Å². The fourth-order valence-corrected chi connectivity index (χ4v) is 2.95. The average molecular weight is 343 g/mol. The average Bonchev–Trinajstić information content (AvgIpc) is 2.45. The van der Waals surface area contributed by atoms with E-state index in [4.69, 9.17) is 5.73 Å². The third kappa shape index (κ3) is 6.48. The fraction of sp³-hybridized carbons (Fsp3) is 0.611. The maximum absolute atomic E-state index is 13.1. The van der Waals surface area contributed by atoms with Crippen molar-refractivity contribution >= 4 is 18.3 Å². The normalized spacial score (nSPS) is 15.4. The smallest absolute Gasteiger partial charge is 0.220 e. The Morgan fingerprint density at radius 3 is 2.39 bits per heavy atom. The summed E-state index contributed by atoms with van der Waals surface area (Å²) in [5.41, 5.74) is 6.48. The molecular formula is C18H28ClFN2O. The second kappa shape index (κ2) is 10.6. The summed E-state index contributed by atoms with van der Waals surface area (Å²) in [6.07, 6.45) is 8.14. The molecule has 0 saturated heterocycles. The number of halogens is 2. The third-order valence-electron chi connectivity index (χ3n) is 4.52. The van der Waals surface area contributed by atoms with Gasteiger partial charge in [-0.1, -0.05) is 31.4 Å². The third-order valence-corrected chi connectivity index (χ3v) is 4.52. The lowest BCUT2D eigenvalue weighted by Gasteiger charge is -2.34. The predicted octanol–water partition coefficient (Wildman–Crippen LogP) is 4.11. The van der Waals surface area contributed by atoms with Gasteiger partial charge in [0, 0.05) is 6.42 Å². The molecule has 1 atom stereocenters. The van der Waals surface area contributed by atoms with Crippen molar-refractivity contribution in [1.82, 2.24) is 5.32 Å². The monoisotopic (exact) mass is 342 g/mol. The lowest BCUT2D eigenvalue weighted by atomic mass is 9.77. The number of hydrogen-bond donors (Lipinski definition) is 2. The highest BCUT2D eigenvalue weighted by Crippen LogP contribution is 2.37. The van der Waals surface area contributed by atoms with Crippen molar-refractivity contribution in [1.29, 1.82) is 0 Å². The number of nitrogens with two attached hydrogens (primary N) is 1. The Hall–Kier alpha value is -1.13. The Balaban J connectivity index is 0.00000264. The molecule has 0 spiro atoms. The van der Waals surface area contributed by atoms with Crippen molar-refractivity contribution in [3.05, 3.63) is 35.6 Å². The first kappa shape index (κ1) is 19.9. The molecule has 1 aliphatic rings. The molecule has 1 aliphatic carbocycles. The van der Waals surface area contributed by atoms with Gasteiger partial charge in [-0.05, 0) is 55.8 Å². The van der Waals surface area contributed by atoms with Gasteiger partial charge in [0.2, 0.25) is 5.91 Å². The van der Waals surface area contributed by atoms with Gasteiger partial charge in [-0.25, -0.2) is 4.39 Å². The molecule has 0 bridgehead atoms. The van der Waals surface area contributed by atoms with E-state index >= 15 is 0 Å². The second-order valence-electron chi connectivity index (χ2n) is 6.24. The Kier molecular flexibility index (Phi) is 9.19. The summed E-state index contributed by atoms with van der Waals surface area (Å²) in [4.78, 5) is 12.2. The number of amides is 1. The minimum Gasteiger partial charge on any atom is -0.349 e. The van der Waals surface area contributed by atoms with E-state index in [1.165, 1.54) is 18.6 Å². The molecule has 5 heteroatoms. The van der Waals surface area contributed by atoms with Crippen LogP contribution in [0.2, 0.25) is 0 Å². The van der Waals surface area contributed by atoms with Gasteiger partial charge in [-0.3, -0.25) is 4.79 Å².